The lowest BCUT2D eigenvalue weighted by molar-refractivity contribution is 0.157. The van der Waals surface area contributed by atoms with E-state index in [9.17, 15) is 5.11 Å². The molecule has 0 saturated carbocycles. The molecule has 0 aliphatic carbocycles. The normalized spacial score (nSPS) is 23.1. The molecule has 0 spiro atoms. The summed E-state index contributed by atoms with van der Waals surface area (Å²) < 4.78 is 2.47. The zero-order valence-corrected chi connectivity index (χ0v) is 16.7. The molecule has 2 aliphatic heterocycles. The monoisotopic (exact) mass is 366 g/mol. The van der Waals surface area contributed by atoms with Gasteiger partial charge < -0.3 is 5.11 Å². The van der Waals surface area contributed by atoms with Crippen LogP contribution in [0, 0.1) is 0 Å². The summed E-state index contributed by atoms with van der Waals surface area (Å²) in [4.78, 5) is 10.9. The number of piperazine rings is 1. The van der Waals surface area contributed by atoms with E-state index in [0.29, 0.717) is 6.04 Å². The van der Waals surface area contributed by atoms with Gasteiger partial charge in [-0.05, 0) is 51.9 Å². The summed E-state index contributed by atoms with van der Waals surface area (Å²) in [5.74, 6) is 0.226. The van der Waals surface area contributed by atoms with Crippen molar-refractivity contribution >= 4 is 11.1 Å². The van der Waals surface area contributed by atoms with Crippen LogP contribution in [0.3, 0.4) is 0 Å². The molecule has 1 aromatic heterocycles. The standard InChI is InChI=1S/C19H34N4OS/c1-17(2)22-10-12-23(13-11-22)25(16-24)19-7-6-18(20-14-19)15-21-8-4-3-5-9-21/h6-7,14,17,24-25H,3-5,8-13,15-16H2,1-2H3. The van der Waals surface area contributed by atoms with E-state index in [1.54, 1.807) is 0 Å². The van der Waals surface area contributed by atoms with Gasteiger partial charge in [0.1, 0.15) is 0 Å². The van der Waals surface area contributed by atoms with Crippen LogP contribution >= 0.6 is 11.1 Å². The maximum absolute atomic E-state index is 9.97. The van der Waals surface area contributed by atoms with Crippen molar-refractivity contribution in [1.29, 1.82) is 0 Å². The molecule has 1 unspecified atom stereocenters. The van der Waals surface area contributed by atoms with E-state index in [1.165, 1.54) is 37.2 Å². The summed E-state index contributed by atoms with van der Waals surface area (Å²) >= 11 is -0.656. The van der Waals surface area contributed by atoms with E-state index in [4.69, 9.17) is 4.98 Å². The summed E-state index contributed by atoms with van der Waals surface area (Å²) in [7, 11) is 0. The lowest BCUT2D eigenvalue weighted by Crippen LogP contribution is -2.47. The van der Waals surface area contributed by atoms with Crippen molar-refractivity contribution in [3.63, 3.8) is 0 Å². The Hall–Kier alpha value is -0.660. The molecule has 142 valence electrons. The fourth-order valence-corrected chi connectivity index (χ4v) is 5.58. The Balaban J connectivity index is 1.57. The van der Waals surface area contributed by atoms with Crippen molar-refractivity contribution in [2.24, 2.45) is 0 Å². The van der Waals surface area contributed by atoms with Crippen LogP contribution in [0.2, 0.25) is 0 Å². The highest BCUT2D eigenvalue weighted by atomic mass is 32.2. The van der Waals surface area contributed by atoms with Gasteiger partial charge >= 0.3 is 0 Å². The van der Waals surface area contributed by atoms with Gasteiger partial charge in [-0.25, -0.2) is 0 Å². The van der Waals surface area contributed by atoms with E-state index in [1.807, 2.05) is 6.20 Å². The van der Waals surface area contributed by atoms with Crippen LogP contribution in [0.25, 0.3) is 0 Å². The zero-order chi connectivity index (χ0) is 17.6. The van der Waals surface area contributed by atoms with E-state index in [2.05, 4.69) is 40.1 Å². The Morgan fingerprint density at radius 2 is 1.76 bits per heavy atom. The van der Waals surface area contributed by atoms with Gasteiger partial charge in [0.15, 0.2) is 0 Å². The van der Waals surface area contributed by atoms with Gasteiger partial charge in [0, 0.05) is 49.9 Å². The van der Waals surface area contributed by atoms with Crippen LogP contribution in [-0.4, -0.2) is 75.4 Å². The molecule has 3 heterocycles. The molecule has 0 amide bonds. The molecule has 2 fully saturated rings. The third-order valence-electron chi connectivity index (χ3n) is 5.44. The van der Waals surface area contributed by atoms with E-state index in [0.717, 1.165) is 38.4 Å². The summed E-state index contributed by atoms with van der Waals surface area (Å²) in [6.45, 7) is 12.2. The first-order valence-electron chi connectivity index (χ1n) is 9.72. The van der Waals surface area contributed by atoms with Gasteiger partial charge in [0.25, 0.3) is 0 Å². The highest BCUT2D eigenvalue weighted by molar-refractivity contribution is 8.14. The maximum atomic E-state index is 9.97. The molecule has 1 atom stereocenters. The molecule has 0 aromatic carbocycles. The van der Waals surface area contributed by atoms with Gasteiger partial charge in [0.2, 0.25) is 0 Å². The molecule has 2 aliphatic rings. The van der Waals surface area contributed by atoms with Crippen LogP contribution < -0.4 is 0 Å². The van der Waals surface area contributed by atoms with Crippen molar-refractivity contribution in [2.75, 3.05) is 45.2 Å². The first kappa shape index (κ1) is 19.1. The predicted molar refractivity (Wildman–Crippen MR) is 106 cm³/mol. The number of nitrogens with zero attached hydrogens (tertiary/aromatic N) is 4. The highest BCUT2D eigenvalue weighted by Crippen LogP contribution is 2.39. The second kappa shape index (κ2) is 9.33. The Morgan fingerprint density at radius 1 is 1.04 bits per heavy atom. The first-order chi connectivity index (χ1) is 12.2. The number of likely N-dealkylation sites (tertiary alicyclic amines) is 1. The van der Waals surface area contributed by atoms with E-state index in [-0.39, 0.29) is 5.94 Å². The second-order valence-electron chi connectivity index (χ2n) is 7.47. The minimum absolute atomic E-state index is 0.226. The average Bonchev–Trinajstić information content (AvgIpc) is 2.65. The van der Waals surface area contributed by atoms with Crippen LogP contribution in [0.5, 0.6) is 0 Å². The number of rotatable bonds is 6. The molecule has 1 aromatic rings. The molecule has 25 heavy (non-hydrogen) atoms. The minimum atomic E-state index is -0.656. The topological polar surface area (TPSA) is 42.8 Å². The smallest absolute Gasteiger partial charge is 0.0861 e. The Labute approximate surface area is 155 Å². The first-order valence-corrected chi connectivity index (χ1v) is 11.2. The van der Waals surface area contributed by atoms with Crippen LogP contribution in [0.4, 0.5) is 0 Å². The number of thiol groups is 1. The number of piperidine rings is 1. The van der Waals surface area contributed by atoms with Gasteiger partial charge in [-0.2, -0.15) is 0 Å². The predicted octanol–water partition coefficient (Wildman–Crippen LogP) is 2.32. The maximum Gasteiger partial charge on any atom is 0.0861 e. The Bertz CT molecular complexity index is 511. The summed E-state index contributed by atoms with van der Waals surface area (Å²) in [6, 6.07) is 4.97. The number of aromatic nitrogens is 1. The zero-order valence-electron chi connectivity index (χ0n) is 15.8. The van der Waals surface area contributed by atoms with Crippen LogP contribution in [0.15, 0.2) is 23.2 Å². The Kier molecular flexibility index (Phi) is 7.13. The summed E-state index contributed by atoms with van der Waals surface area (Å²) in [5.41, 5.74) is 1.16. The molecule has 0 radical (unpaired) electrons. The molecule has 0 bridgehead atoms. The van der Waals surface area contributed by atoms with E-state index >= 15 is 0 Å². The molecular formula is C19H34N4OS. The molecule has 2 saturated heterocycles. The number of aliphatic hydroxyl groups excluding tert-OH is 1. The molecule has 6 heteroatoms. The fourth-order valence-electron chi connectivity index (χ4n) is 3.81. The molecule has 3 rings (SSSR count). The van der Waals surface area contributed by atoms with E-state index < -0.39 is 11.1 Å². The summed E-state index contributed by atoms with van der Waals surface area (Å²) in [6.07, 6.45) is 6.01. The SMILES string of the molecule is CC(C)N1CCN([SH](CO)c2ccc(CN3CCCCC3)nc2)CC1. The average molecular weight is 367 g/mol. The molecule has 1 N–H and O–H groups in total. The third-order valence-corrected chi connectivity index (χ3v) is 7.65. The minimum Gasteiger partial charge on any atom is -0.386 e. The van der Waals surface area contributed by atoms with Crippen molar-refractivity contribution in [2.45, 2.75) is 50.6 Å². The fraction of sp³-hybridized carbons (Fsp3) is 0.737. The van der Waals surface area contributed by atoms with Gasteiger partial charge in [-0.15, -0.1) is 11.1 Å². The van der Waals surface area contributed by atoms with Crippen molar-refractivity contribution < 1.29 is 5.11 Å². The summed E-state index contributed by atoms with van der Waals surface area (Å²) in [5, 5.41) is 9.97. The van der Waals surface area contributed by atoms with Gasteiger partial charge in [0.05, 0.1) is 11.6 Å². The van der Waals surface area contributed by atoms with Crippen molar-refractivity contribution in [3.8, 4) is 0 Å². The quantitative estimate of drug-likeness (QED) is 0.757. The largest absolute Gasteiger partial charge is 0.386 e. The van der Waals surface area contributed by atoms with Crippen LogP contribution in [-0.2, 0) is 6.54 Å². The highest BCUT2D eigenvalue weighted by Gasteiger charge is 2.23. The number of pyridine rings is 1. The van der Waals surface area contributed by atoms with Crippen LogP contribution in [0.1, 0.15) is 38.8 Å². The van der Waals surface area contributed by atoms with Gasteiger partial charge in [-0.3, -0.25) is 19.1 Å². The lowest BCUT2D eigenvalue weighted by atomic mass is 10.1. The Morgan fingerprint density at radius 3 is 2.32 bits per heavy atom. The molecular weight excluding hydrogens is 332 g/mol. The van der Waals surface area contributed by atoms with Gasteiger partial charge in [-0.1, -0.05) is 6.42 Å². The lowest BCUT2D eigenvalue weighted by Gasteiger charge is -2.41. The number of hydrogen-bond donors (Lipinski definition) is 2. The third kappa shape index (κ3) is 5.17. The van der Waals surface area contributed by atoms with Crippen molar-refractivity contribution in [3.05, 3.63) is 24.0 Å². The molecule has 5 nitrogen and oxygen atoms in total. The van der Waals surface area contributed by atoms with Crippen molar-refractivity contribution in [1.82, 2.24) is 19.1 Å². The second-order valence-corrected chi connectivity index (χ2v) is 9.63. The number of hydrogen-bond acceptors (Lipinski definition) is 5. The number of aliphatic hydroxyl groups is 1.